The number of benzene rings is 1. The van der Waals surface area contributed by atoms with Gasteiger partial charge in [0.25, 0.3) is 0 Å². The van der Waals surface area contributed by atoms with Gasteiger partial charge in [0.1, 0.15) is 38.0 Å². The van der Waals surface area contributed by atoms with Crippen molar-refractivity contribution in [3.05, 3.63) is 52.5 Å². The molecule has 3 rings (SSSR count). The highest BCUT2D eigenvalue weighted by molar-refractivity contribution is 7.80. The van der Waals surface area contributed by atoms with Crippen molar-refractivity contribution in [2.24, 2.45) is 0 Å². The largest absolute Gasteiger partial charge is 0.354 e. The van der Waals surface area contributed by atoms with Gasteiger partial charge in [-0.1, -0.05) is 12.1 Å². The topological polar surface area (TPSA) is 32.9 Å². The van der Waals surface area contributed by atoms with Crippen LogP contribution in [0.3, 0.4) is 0 Å². The van der Waals surface area contributed by atoms with Crippen molar-refractivity contribution in [1.29, 1.82) is 0 Å². The van der Waals surface area contributed by atoms with Gasteiger partial charge in [-0.3, -0.25) is 0 Å². The molecule has 0 amide bonds. The lowest BCUT2D eigenvalue weighted by atomic mass is 10.1. The van der Waals surface area contributed by atoms with Gasteiger partial charge in [0, 0.05) is 5.69 Å². The first-order chi connectivity index (χ1) is 13.1. The van der Waals surface area contributed by atoms with E-state index in [1.165, 1.54) is 49.7 Å². The summed E-state index contributed by atoms with van der Waals surface area (Å²) in [6.07, 6.45) is 0. The highest BCUT2D eigenvalue weighted by Gasteiger charge is 2.34. The van der Waals surface area contributed by atoms with Crippen LogP contribution in [0, 0.1) is 5.82 Å². The van der Waals surface area contributed by atoms with E-state index in [1.54, 1.807) is 15.9 Å². The van der Waals surface area contributed by atoms with E-state index < -0.39 is 0 Å². The van der Waals surface area contributed by atoms with E-state index in [9.17, 15) is 4.39 Å². The highest BCUT2D eigenvalue weighted by atomic mass is 32.1. The van der Waals surface area contributed by atoms with Crippen LogP contribution in [0.25, 0.3) is 0 Å². The first kappa shape index (κ1) is 20.2. The van der Waals surface area contributed by atoms with Gasteiger partial charge in [0.2, 0.25) is 0 Å². The zero-order valence-electron chi connectivity index (χ0n) is 15.9. The molecule has 2 aromatic rings. The fraction of sp³-hybridized carbons (Fsp3) is 0.450. The van der Waals surface area contributed by atoms with Crippen molar-refractivity contribution >= 4 is 34.4 Å². The molecule has 1 aliphatic heterocycles. The Morgan fingerprint density at radius 1 is 1.22 bits per heavy atom. The second-order valence-electron chi connectivity index (χ2n) is 7.15. The maximum Gasteiger partial charge on any atom is 0.171 e. The molecule has 0 saturated carbocycles. The number of rotatable bonds is 6. The molecule has 1 fully saturated rings. The second-order valence-corrected chi connectivity index (χ2v) is 8.54. The quantitative estimate of drug-likeness (QED) is 0.541. The Balaban J connectivity index is 1.66. The number of thiocarbonyl (C=S) groups is 1. The molecular weight excluding hydrogens is 379 g/mol. The van der Waals surface area contributed by atoms with E-state index in [2.05, 4.69) is 42.0 Å². The maximum absolute atomic E-state index is 13.4. The second kappa shape index (κ2) is 9.59. The molecule has 146 valence electrons. The van der Waals surface area contributed by atoms with Gasteiger partial charge >= 0.3 is 0 Å². The predicted octanol–water partition coefficient (Wildman–Crippen LogP) is 1.11. The van der Waals surface area contributed by atoms with E-state index >= 15 is 0 Å². The van der Waals surface area contributed by atoms with Crippen LogP contribution in [0.1, 0.15) is 24.8 Å². The third-order valence-corrected chi connectivity index (χ3v) is 6.51. The zero-order chi connectivity index (χ0) is 19.2. The Hall–Kier alpha value is -1.54. The summed E-state index contributed by atoms with van der Waals surface area (Å²) in [4.78, 5) is 4.69. The molecule has 4 nitrogen and oxygen atoms in total. The van der Waals surface area contributed by atoms with Gasteiger partial charge in [-0.25, -0.2) is 4.39 Å². The van der Waals surface area contributed by atoms with E-state index in [0.717, 1.165) is 0 Å². The number of nitrogens with one attached hydrogen (secondary N) is 4. The summed E-state index contributed by atoms with van der Waals surface area (Å²) in [5, 5.41) is 9.22. The molecule has 1 aromatic carbocycles. The molecule has 27 heavy (non-hydrogen) atoms. The number of likely N-dealkylation sites (N-methyl/N-ethyl adjacent to an activating group) is 1. The van der Waals surface area contributed by atoms with Crippen LogP contribution in [0.4, 0.5) is 10.1 Å². The molecule has 1 aliphatic rings. The molecule has 2 heterocycles. The number of halogens is 1. The normalized spacial score (nSPS) is 22.0. The van der Waals surface area contributed by atoms with Gasteiger partial charge in [-0.15, -0.1) is 11.3 Å². The first-order valence-corrected chi connectivity index (χ1v) is 10.9. The molecule has 2 atom stereocenters. The van der Waals surface area contributed by atoms with Crippen molar-refractivity contribution in [3.8, 4) is 0 Å². The highest BCUT2D eigenvalue weighted by Crippen LogP contribution is 2.20. The maximum atomic E-state index is 13.4. The minimum absolute atomic E-state index is 0.176. The molecule has 0 unspecified atom stereocenters. The van der Waals surface area contributed by atoms with Crippen molar-refractivity contribution in [2.75, 3.05) is 38.0 Å². The van der Waals surface area contributed by atoms with Gasteiger partial charge in [-0.05, 0) is 55.7 Å². The van der Waals surface area contributed by atoms with Crippen molar-refractivity contribution in [3.63, 3.8) is 0 Å². The molecular formula is C20H29FN4S2+2. The smallest absolute Gasteiger partial charge is 0.171 e. The van der Waals surface area contributed by atoms with Crippen molar-refractivity contribution in [2.45, 2.75) is 25.9 Å². The molecule has 0 radical (unpaired) electrons. The number of quaternary nitrogens is 2. The summed E-state index contributed by atoms with van der Waals surface area (Å²) in [5.41, 5.74) is 0.667. The molecule has 1 saturated heterocycles. The average molecular weight is 409 g/mol. The minimum Gasteiger partial charge on any atom is -0.354 e. The molecule has 1 aromatic heterocycles. The number of thiophene rings is 1. The summed E-state index contributed by atoms with van der Waals surface area (Å²) in [6.45, 7) is 10.4. The van der Waals surface area contributed by atoms with E-state index in [0.29, 0.717) is 16.8 Å². The van der Waals surface area contributed by atoms with Crippen LogP contribution in [0.15, 0.2) is 41.8 Å². The number of piperazine rings is 1. The number of anilines is 1. The Labute approximate surface area is 170 Å². The summed E-state index contributed by atoms with van der Waals surface area (Å²) in [6, 6.07) is 11.3. The third kappa shape index (κ3) is 5.48. The lowest BCUT2D eigenvalue weighted by Gasteiger charge is -2.37. The lowest BCUT2D eigenvalue weighted by molar-refractivity contribution is -1.03. The molecule has 4 N–H and O–H groups in total. The van der Waals surface area contributed by atoms with Crippen LogP contribution in [0.5, 0.6) is 0 Å². The molecule has 0 bridgehead atoms. The van der Waals surface area contributed by atoms with Crippen LogP contribution in [0.2, 0.25) is 0 Å². The zero-order valence-corrected chi connectivity index (χ0v) is 17.6. The summed E-state index contributed by atoms with van der Waals surface area (Å²) in [7, 11) is 0. The molecule has 0 aliphatic carbocycles. The van der Waals surface area contributed by atoms with Gasteiger partial charge in [-0.2, -0.15) is 0 Å². The van der Waals surface area contributed by atoms with Crippen LogP contribution >= 0.6 is 23.6 Å². The van der Waals surface area contributed by atoms with Gasteiger partial charge < -0.3 is 20.4 Å². The van der Waals surface area contributed by atoms with E-state index in [-0.39, 0.29) is 11.9 Å². The lowest BCUT2D eigenvalue weighted by Crippen LogP contribution is -3.28. The van der Waals surface area contributed by atoms with Crippen LogP contribution < -0.4 is 20.4 Å². The van der Waals surface area contributed by atoms with Crippen LogP contribution in [-0.4, -0.2) is 43.9 Å². The van der Waals surface area contributed by atoms with E-state index in [4.69, 9.17) is 12.2 Å². The fourth-order valence-electron chi connectivity index (χ4n) is 3.88. The Bertz CT molecular complexity index is 729. The first-order valence-electron chi connectivity index (χ1n) is 9.61. The number of hydrogen-bond acceptors (Lipinski definition) is 2. The third-order valence-electron chi connectivity index (χ3n) is 5.33. The molecule has 0 spiro atoms. The van der Waals surface area contributed by atoms with E-state index in [1.807, 2.05) is 17.4 Å². The Kier molecular flexibility index (Phi) is 7.18. The standard InChI is InChI=1S/C20H27FN4S2/c1-3-24-9-11-25(12-10-24)19(18-8-5-13-27-18)15(2)22-20(26)23-17-7-4-6-16(21)14-17/h4-8,13-15,19H,3,9-12H2,1-2H3,(H2,22,23,26)/p+2/t15-,19-/m1/s1. The van der Waals surface area contributed by atoms with Gasteiger partial charge in [0.05, 0.1) is 17.5 Å². The van der Waals surface area contributed by atoms with Crippen LogP contribution in [-0.2, 0) is 0 Å². The molecule has 7 heteroatoms. The summed E-state index contributed by atoms with van der Waals surface area (Å²) in [5.74, 6) is -0.270. The minimum atomic E-state index is -0.270. The Morgan fingerprint density at radius 2 is 2.00 bits per heavy atom. The summed E-state index contributed by atoms with van der Waals surface area (Å²) < 4.78 is 13.4. The fourth-order valence-corrected chi connectivity index (χ4v) is 5.17. The average Bonchev–Trinajstić information content (AvgIpc) is 3.16. The predicted molar refractivity (Wildman–Crippen MR) is 114 cm³/mol. The Morgan fingerprint density at radius 3 is 2.63 bits per heavy atom. The monoisotopic (exact) mass is 408 g/mol. The van der Waals surface area contributed by atoms with Gasteiger partial charge in [0.15, 0.2) is 5.11 Å². The van der Waals surface area contributed by atoms with Crippen molar-refractivity contribution in [1.82, 2.24) is 5.32 Å². The summed E-state index contributed by atoms with van der Waals surface area (Å²) >= 11 is 7.30. The number of hydrogen-bond donors (Lipinski definition) is 4. The van der Waals surface area contributed by atoms with Crippen molar-refractivity contribution < 1.29 is 14.2 Å². The SMILES string of the molecule is CC[NH+]1CC[NH+]([C@@H](c2cccs2)[C@@H](C)NC(=S)Nc2cccc(F)c2)CC1.